The molecule has 0 atom stereocenters. The molecule has 5 nitrogen and oxygen atoms in total. The smallest absolute Gasteiger partial charge is 0.367 e. The van der Waals surface area contributed by atoms with Crippen LogP contribution in [-0.2, 0) is 6.18 Å². The monoisotopic (exact) mass is 401 g/mol. The topological polar surface area (TPSA) is 75.1 Å². The second kappa shape index (κ2) is 8.68. The van der Waals surface area contributed by atoms with Gasteiger partial charge in [-0.3, -0.25) is 0 Å². The molecular weight excluding hydrogens is 390 g/mol. The van der Waals surface area contributed by atoms with Crippen molar-refractivity contribution in [2.24, 2.45) is 21.0 Å². The van der Waals surface area contributed by atoms with Gasteiger partial charge in [0.15, 0.2) is 0 Å². The summed E-state index contributed by atoms with van der Waals surface area (Å²) in [6.07, 6.45) is -1.67. The summed E-state index contributed by atoms with van der Waals surface area (Å²) in [6.45, 7) is 0. The van der Waals surface area contributed by atoms with Crippen LogP contribution >= 0.6 is 23.2 Å². The minimum absolute atomic E-state index is 0.107. The maximum atomic E-state index is 12.5. The molecule has 2 aromatic rings. The summed E-state index contributed by atoms with van der Waals surface area (Å²) in [4.78, 5) is 0. The predicted octanol–water partition coefficient (Wildman–Crippen LogP) is 4.28. The molecule has 136 valence electrons. The van der Waals surface area contributed by atoms with Gasteiger partial charge in [-0.15, -0.1) is 5.10 Å². The molecule has 10 heteroatoms. The van der Waals surface area contributed by atoms with Gasteiger partial charge in [-0.25, -0.2) is 5.43 Å². The van der Waals surface area contributed by atoms with E-state index in [1.165, 1.54) is 24.6 Å². The lowest BCUT2D eigenvalue weighted by Crippen LogP contribution is -2.26. The molecule has 0 fully saturated rings. The van der Waals surface area contributed by atoms with E-state index >= 15 is 0 Å². The number of nitrogens with two attached hydrogens (primary N) is 1. The molecule has 26 heavy (non-hydrogen) atoms. The summed E-state index contributed by atoms with van der Waals surface area (Å²) in [6, 6.07) is 9.39. The lowest BCUT2D eigenvalue weighted by Gasteiger charge is -2.05. The van der Waals surface area contributed by atoms with Crippen molar-refractivity contribution in [2.75, 3.05) is 0 Å². The first-order chi connectivity index (χ1) is 12.3. The van der Waals surface area contributed by atoms with Crippen LogP contribution in [0.25, 0.3) is 0 Å². The molecule has 2 rings (SSSR count). The molecule has 0 radical (unpaired) electrons. The molecule has 0 aliphatic carbocycles. The van der Waals surface area contributed by atoms with E-state index < -0.39 is 11.7 Å². The first kappa shape index (κ1) is 19.7. The fourth-order valence-corrected chi connectivity index (χ4v) is 2.01. The van der Waals surface area contributed by atoms with Crippen LogP contribution in [0, 0.1) is 0 Å². The lowest BCUT2D eigenvalue weighted by molar-refractivity contribution is -0.137. The highest BCUT2D eigenvalue weighted by molar-refractivity contribution is 6.42. The normalized spacial score (nSPS) is 12.9. The van der Waals surface area contributed by atoms with Gasteiger partial charge in [-0.1, -0.05) is 41.4 Å². The van der Waals surface area contributed by atoms with E-state index in [0.717, 1.165) is 12.1 Å². The number of hydrogen-bond acceptors (Lipinski definition) is 3. The van der Waals surface area contributed by atoms with E-state index in [9.17, 15) is 13.2 Å². The zero-order valence-corrected chi connectivity index (χ0v) is 14.5. The number of halogens is 5. The Balaban J connectivity index is 1.92. The number of hydrazone groups is 1. The SMILES string of the molecule is NC(=NN=Cc1ccc(C(F)(F)F)cc1)NN=Cc1ccc(Cl)c(Cl)c1. The zero-order valence-electron chi connectivity index (χ0n) is 13.0. The molecule has 0 bridgehead atoms. The average molecular weight is 402 g/mol. The van der Waals surface area contributed by atoms with Crippen LogP contribution in [0.3, 0.4) is 0 Å². The second-order valence-electron chi connectivity index (χ2n) is 4.89. The standard InChI is InChI=1S/C16H12Cl2F3N5/c17-13-6-3-11(7-14(13)18)9-24-26-15(22)25-23-8-10-1-4-12(5-2-10)16(19,20)21/h1-9H,(H3,22,25,26). The minimum Gasteiger partial charge on any atom is -0.367 e. The molecular formula is C16H12Cl2F3N5. The van der Waals surface area contributed by atoms with Crippen molar-refractivity contribution in [1.82, 2.24) is 5.43 Å². The summed E-state index contributed by atoms with van der Waals surface area (Å²) >= 11 is 11.7. The lowest BCUT2D eigenvalue weighted by atomic mass is 10.1. The van der Waals surface area contributed by atoms with E-state index in [2.05, 4.69) is 20.7 Å². The van der Waals surface area contributed by atoms with Gasteiger partial charge in [0.25, 0.3) is 0 Å². The molecule has 0 saturated heterocycles. The van der Waals surface area contributed by atoms with Gasteiger partial charge in [0.1, 0.15) is 0 Å². The third-order valence-corrected chi connectivity index (χ3v) is 3.69. The highest BCUT2D eigenvalue weighted by Gasteiger charge is 2.29. The summed E-state index contributed by atoms with van der Waals surface area (Å²) < 4.78 is 37.4. The molecule has 0 aliphatic rings. The van der Waals surface area contributed by atoms with Gasteiger partial charge in [-0.2, -0.15) is 23.4 Å². The van der Waals surface area contributed by atoms with Crippen molar-refractivity contribution in [1.29, 1.82) is 0 Å². The van der Waals surface area contributed by atoms with E-state index in [1.807, 2.05) is 0 Å². The van der Waals surface area contributed by atoms with Gasteiger partial charge in [0.2, 0.25) is 5.96 Å². The van der Waals surface area contributed by atoms with Gasteiger partial charge in [0.05, 0.1) is 28.0 Å². The second-order valence-corrected chi connectivity index (χ2v) is 5.71. The average Bonchev–Trinajstić information content (AvgIpc) is 2.58. The highest BCUT2D eigenvalue weighted by Crippen LogP contribution is 2.28. The van der Waals surface area contributed by atoms with Gasteiger partial charge in [-0.05, 0) is 35.4 Å². The maximum Gasteiger partial charge on any atom is 0.416 e. The van der Waals surface area contributed by atoms with E-state index in [1.54, 1.807) is 18.2 Å². The molecule has 0 spiro atoms. The van der Waals surface area contributed by atoms with Crippen LogP contribution in [0.2, 0.25) is 10.0 Å². The highest BCUT2D eigenvalue weighted by atomic mass is 35.5. The van der Waals surface area contributed by atoms with Crippen molar-refractivity contribution in [3.8, 4) is 0 Å². The largest absolute Gasteiger partial charge is 0.416 e. The maximum absolute atomic E-state index is 12.5. The number of hydrogen-bond donors (Lipinski definition) is 2. The number of rotatable bonds is 4. The molecule has 0 aliphatic heterocycles. The quantitative estimate of drug-likeness (QED) is 0.455. The molecule has 0 saturated carbocycles. The van der Waals surface area contributed by atoms with Crippen molar-refractivity contribution in [3.63, 3.8) is 0 Å². The van der Waals surface area contributed by atoms with Gasteiger partial charge < -0.3 is 5.73 Å². The summed E-state index contributed by atoms with van der Waals surface area (Å²) in [7, 11) is 0. The van der Waals surface area contributed by atoms with Crippen LogP contribution in [-0.4, -0.2) is 18.4 Å². The predicted molar refractivity (Wildman–Crippen MR) is 97.9 cm³/mol. The van der Waals surface area contributed by atoms with E-state index in [-0.39, 0.29) is 5.96 Å². The van der Waals surface area contributed by atoms with Gasteiger partial charge in [0, 0.05) is 0 Å². The summed E-state index contributed by atoms with van der Waals surface area (Å²) in [5.41, 5.74) is 8.38. The Kier molecular flexibility index (Phi) is 6.59. The Hall–Kier alpha value is -2.58. The molecule has 0 unspecified atom stereocenters. The fraction of sp³-hybridized carbons (Fsp3) is 0.0625. The number of guanidine groups is 1. The van der Waals surface area contributed by atoms with Crippen LogP contribution < -0.4 is 11.2 Å². The molecule has 0 heterocycles. The molecule has 2 aromatic carbocycles. The van der Waals surface area contributed by atoms with E-state index in [4.69, 9.17) is 28.9 Å². The molecule has 0 aromatic heterocycles. The number of alkyl halides is 3. The fourth-order valence-electron chi connectivity index (χ4n) is 1.70. The number of nitrogens with one attached hydrogen (secondary N) is 1. The molecule has 0 amide bonds. The Morgan fingerprint density at radius 3 is 2.23 bits per heavy atom. The van der Waals surface area contributed by atoms with Crippen molar-refractivity contribution >= 4 is 41.6 Å². The Morgan fingerprint density at radius 1 is 0.962 bits per heavy atom. The van der Waals surface area contributed by atoms with Crippen LogP contribution in [0.5, 0.6) is 0 Å². The number of benzene rings is 2. The minimum atomic E-state index is -4.38. The Labute approximate surface area is 157 Å². The Morgan fingerprint density at radius 2 is 1.62 bits per heavy atom. The zero-order chi connectivity index (χ0) is 19.2. The van der Waals surface area contributed by atoms with Crippen molar-refractivity contribution in [3.05, 3.63) is 69.2 Å². The molecule has 3 N–H and O–H groups in total. The van der Waals surface area contributed by atoms with E-state index in [0.29, 0.717) is 21.2 Å². The number of nitrogens with zero attached hydrogens (tertiary/aromatic N) is 3. The van der Waals surface area contributed by atoms with Crippen LogP contribution in [0.1, 0.15) is 16.7 Å². The summed E-state index contributed by atoms with van der Waals surface area (Å²) in [5, 5.41) is 11.9. The van der Waals surface area contributed by atoms with Crippen molar-refractivity contribution < 1.29 is 13.2 Å². The first-order valence-corrected chi connectivity index (χ1v) is 7.79. The third kappa shape index (κ3) is 6.05. The van der Waals surface area contributed by atoms with Crippen molar-refractivity contribution in [2.45, 2.75) is 6.18 Å². The summed E-state index contributed by atoms with van der Waals surface area (Å²) in [5.74, 6) is -0.107. The van der Waals surface area contributed by atoms with Crippen LogP contribution in [0.4, 0.5) is 13.2 Å². The first-order valence-electron chi connectivity index (χ1n) is 7.03. The Bertz CT molecular complexity index is 846. The third-order valence-electron chi connectivity index (χ3n) is 2.95. The van der Waals surface area contributed by atoms with Gasteiger partial charge >= 0.3 is 6.18 Å². The van der Waals surface area contributed by atoms with Crippen LogP contribution in [0.15, 0.2) is 57.8 Å².